The van der Waals surface area contributed by atoms with Crippen LogP contribution in [0.4, 0.5) is 0 Å². The molecule has 0 spiro atoms. The highest BCUT2D eigenvalue weighted by Crippen LogP contribution is 2.47. The second kappa shape index (κ2) is 12.8. The van der Waals surface area contributed by atoms with Crippen LogP contribution in [-0.2, 0) is 28.7 Å². The van der Waals surface area contributed by atoms with Crippen molar-refractivity contribution in [2.45, 2.75) is 88.4 Å². The first-order valence-electron chi connectivity index (χ1n) is 16.5. The number of methoxy groups -OCH3 is 2. The van der Waals surface area contributed by atoms with Gasteiger partial charge < -0.3 is 35.8 Å². The van der Waals surface area contributed by atoms with Crippen molar-refractivity contribution in [3.8, 4) is 0 Å². The van der Waals surface area contributed by atoms with Crippen LogP contribution in [-0.4, -0.2) is 91.4 Å². The highest BCUT2D eigenvalue weighted by molar-refractivity contribution is 6.13. The summed E-state index contributed by atoms with van der Waals surface area (Å²) in [4.78, 5) is 52.4. The molecule has 252 valence electrons. The number of nitrogens with one attached hydrogen (secondary N) is 4. The van der Waals surface area contributed by atoms with E-state index in [1.165, 1.54) is 14.2 Å². The largest absolute Gasteiger partial charge is 0.478 e. The zero-order chi connectivity index (χ0) is 33.9. The number of esters is 2. The number of fused-ring (bicyclic) bond motifs is 8. The number of carboxylic acids is 1. The number of hydrogen-bond donors (Lipinski definition) is 5. The molecule has 5 heterocycles. The molecular formula is C36H46N4O7. The summed E-state index contributed by atoms with van der Waals surface area (Å²) in [6, 6.07) is -1.73. The Morgan fingerprint density at radius 1 is 0.851 bits per heavy atom. The van der Waals surface area contributed by atoms with E-state index >= 15 is 0 Å². The predicted molar refractivity (Wildman–Crippen MR) is 175 cm³/mol. The van der Waals surface area contributed by atoms with Crippen LogP contribution >= 0.6 is 0 Å². The molecule has 11 nitrogen and oxygen atoms in total. The Hall–Kier alpha value is -3.64. The molecule has 6 rings (SSSR count). The number of carboxylic acid groups (broad SMARTS) is 1. The van der Waals surface area contributed by atoms with Gasteiger partial charge in [0.15, 0.2) is 5.78 Å². The minimum absolute atomic E-state index is 0.0328. The number of ketones is 1. The second-order valence-corrected chi connectivity index (χ2v) is 13.8. The molecule has 0 radical (unpaired) electrons. The molecule has 5 aliphatic heterocycles. The minimum atomic E-state index is -1.07. The summed E-state index contributed by atoms with van der Waals surface area (Å²) in [5.74, 6) is -3.59. The minimum Gasteiger partial charge on any atom is -0.478 e. The van der Waals surface area contributed by atoms with Crippen LogP contribution in [0.15, 0.2) is 70.9 Å². The van der Waals surface area contributed by atoms with Crippen molar-refractivity contribution in [3.05, 3.63) is 70.9 Å². The first-order valence-corrected chi connectivity index (χ1v) is 16.5. The van der Waals surface area contributed by atoms with Gasteiger partial charge in [0.25, 0.3) is 0 Å². The van der Waals surface area contributed by atoms with Crippen LogP contribution in [0, 0.1) is 23.7 Å². The molecule has 1 aliphatic carbocycles. The van der Waals surface area contributed by atoms with Crippen LogP contribution in [0.2, 0.25) is 0 Å². The Labute approximate surface area is 275 Å². The van der Waals surface area contributed by atoms with Gasteiger partial charge in [-0.15, -0.1) is 6.58 Å². The Balaban J connectivity index is 1.50. The van der Waals surface area contributed by atoms with Gasteiger partial charge in [-0.05, 0) is 61.7 Å². The normalized spacial score (nSPS) is 39.6. The third kappa shape index (κ3) is 5.37. The molecule has 12 atom stereocenters. The quantitative estimate of drug-likeness (QED) is 0.124. The van der Waals surface area contributed by atoms with E-state index in [1.807, 2.05) is 19.9 Å². The summed E-state index contributed by atoms with van der Waals surface area (Å²) >= 11 is 0. The molecule has 11 heteroatoms. The maximum Gasteiger partial charge on any atom is 0.335 e. The van der Waals surface area contributed by atoms with Gasteiger partial charge in [0.1, 0.15) is 5.92 Å². The molecular weight excluding hydrogens is 600 g/mol. The van der Waals surface area contributed by atoms with E-state index < -0.39 is 35.9 Å². The van der Waals surface area contributed by atoms with E-state index in [4.69, 9.17) is 9.47 Å². The predicted octanol–water partition coefficient (Wildman–Crippen LogP) is 1.89. The molecule has 0 amide bonds. The fourth-order valence-electron chi connectivity index (χ4n) is 9.51. The topological polar surface area (TPSA) is 155 Å². The summed E-state index contributed by atoms with van der Waals surface area (Å²) in [7, 11) is 2.68. The van der Waals surface area contributed by atoms with Crippen LogP contribution in [0.25, 0.3) is 0 Å². The molecule has 1 saturated carbocycles. The number of rotatable bonds is 6. The molecule has 3 fully saturated rings. The number of carbonyl (C=O) groups excluding carboxylic acids is 3. The molecule has 0 aromatic carbocycles. The first-order chi connectivity index (χ1) is 22.4. The van der Waals surface area contributed by atoms with Gasteiger partial charge in [-0.1, -0.05) is 37.3 Å². The molecule has 0 aromatic heterocycles. The van der Waals surface area contributed by atoms with Gasteiger partial charge >= 0.3 is 17.9 Å². The van der Waals surface area contributed by atoms with Crippen LogP contribution in [0.1, 0.15) is 40.0 Å². The van der Waals surface area contributed by atoms with Gasteiger partial charge in [-0.3, -0.25) is 9.59 Å². The summed E-state index contributed by atoms with van der Waals surface area (Å²) in [5, 5.41) is 24.6. The summed E-state index contributed by atoms with van der Waals surface area (Å²) < 4.78 is 10.5. The fraction of sp³-hybridized carbons (Fsp3) is 0.556. The van der Waals surface area contributed by atoms with E-state index in [9.17, 15) is 24.3 Å². The van der Waals surface area contributed by atoms with Crippen molar-refractivity contribution in [1.29, 1.82) is 0 Å². The molecule has 5 N–H and O–H groups in total. The molecule has 0 aromatic rings. The van der Waals surface area contributed by atoms with Crippen molar-refractivity contribution in [1.82, 2.24) is 21.3 Å². The molecule has 12 unspecified atom stereocenters. The van der Waals surface area contributed by atoms with E-state index in [0.717, 1.165) is 28.4 Å². The first kappa shape index (κ1) is 33.3. The van der Waals surface area contributed by atoms with Gasteiger partial charge in [0.2, 0.25) is 0 Å². The van der Waals surface area contributed by atoms with E-state index in [1.54, 1.807) is 12.2 Å². The number of Topliss-reactive ketones (excluding diaryl/α,β-unsaturated/α-hetero) is 1. The standard InChI is InChI=1S/C36H46N4O7/c1-8-18-15(3)21-12-22-16(4)20(10-11-27(41)42)32(39-22)30-31(36(45)47-7)34(43)28-17(5)23(40-33(28)30)13-25-19(9-2)29(35(44)46-6)26(38-25)14-24(18)37-21/h8-11,15,18,21-26,30-33,37-40H,1-2,12-14H2,3-7H3,(H,41,42)/b11-10+. The van der Waals surface area contributed by atoms with Gasteiger partial charge in [-0.25, -0.2) is 9.59 Å². The van der Waals surface area contributed by atoms with Gasteiger partial charge in [-0.2, -0.15) is 0 Å². The van der Waals surface area contributed by atoms with E-state index in [0.29, 0.717) is 30.4 Å². The Kier molecular flexibility index (Phi) is 9.03. The van der Waals surface area contributed by atoms with Crippen molar-refractivity contribution in [3.63, 3.8) is 0 Å². The zero-order valence-electron chi connectivity index (χ0n) is 27.7. The third-order valence-electron chi connectivity index (χ3n) is 11.8. The molecule has 2 saturated heterocycles. The Bertz CT molecular complexity index is 1540. The molecule has 6 aliphatic rings. The van der Waals surface area contributed by atoms with Crippen molar-refractivity contribution in [2.24, 2.45) is 23.7 Å². The number of carbonyl (C=O) groups is 4. The maximum absolute atomic E-state index is 14.2. The summed E-state index contributed by atoms with van der Waals surface area (Å²) in [6.45, 7) is 14.4. The number of ether oxygens (including phenoxy) is 2. The lowest BCUT2D eigenvalue weighted by Crippen LogP contribution is -2.51. The lowest BCUT2D eigenvalue weighted by Gasteiger charge is -2.32. The smallest absolute Gasteiger partial charge is 0.335 e. The van der Waals surface area contributed by atoms with Crippen LogP contribution < -0.4 is 21.3 Å². The summed E-state index contributed by atoms with van der Waals surface area (Å²) in [5.41, 5.74) is 4.57. The zero-order valence-corrected chi connectivity index (χ0v) is 27.7. The van der Waals surface area contributed by atoms with E-state index in [2.05, 4.69) is 41.3 Å². The highest BCUT2D eigenvalue weighted by Gasteiger charge is 2.59. The fourth-order valence-corrected chi connectivity index (χ4v) is 9.51. The Morgan fingerprint density at radius 2 is 1.53 bits per heavy atom. The van der Waals surface area contributed by atoms with Crippen molar-refractivity contribution in [2.75, 3.05) is 14.2 Å². The number of aliphatic carboxylic acids is 1. The third-order valence-corrected chi connectivity index (χ3v) is 11.8. The average molecular weight is 647 g/mol. The second-order valence-electron chi connectivity index (χ2n) is 13.8. The lowest BCUT2D eigenvalue weighted by atomic mass is 9.82. The van der Waals surface area contributed by atoms with E-state index in [-0.39, 0.29) is 59.8 Å². The van der Waals surface area contributed by atoms with Crippen molar-refractivity contribution >= 4 is 23.7 Å². The molecule has 8 bridgehead atoms. The highest BCUT2D eigenvalue weighted by atomic mass is 16.5. The number of hydrogen-bond acceptors (Lipinski definition) is 10. The summed E-state index contributed by atoms with van der Waals surface area (Å²) in [6.07, 6.45) is 8.34. The monoisotopic (exact) mass is 646 g/mol. The van der Waals surface area contributed by atoms with Crippen LogP contribution in [0.5, 0.6) is 0 Å². The average Bonchev–Trinajstić information content (AvgIpc) is 3.79. The lowest BCUT2D eigenvalue weighted by molar-refractivity contribution is -0.150. The van der Waals surface area contributed by atoms with Crippen LogP contribution in [0.3, 0.4) is 0 Å². The Morgan fingerprint density at radius 3 is 2.17 bits per heavy atom. The molecule has 47 heavy (non-hydrogen) atoms. The maximum atomic E-state index is 14.2. The van der Waals surface area contributed by atoms with Crippen molar-refractivity contribution < 1.29 is 33.8 Å². The SMILES string of the molecule is C=CC1=C(C(=O)OC)C2CC3NC(CC4NC(C(/C=C/C(=O)O)=C4C)C4C5NC(CC1N2)C(C)=C5C(=O)C4C(=O)OC)C(C)C3C=C. The van der Waals surface area contributed by atoms with Gasteiger partial charge in [0.05, 0.1) is 19.8 Å². The van der Waals surface area contributed by atoms with Gasteiger partial charge in [0, 0.05) is 65.9 Å².